The Labute approximate surface area is 341 Å². The number of fused-ring (bicyclic) bond motifs is 3. The Hall–Kier alpha value is -6.39. The Balaban J connectivity index is 0.843. The zero-order valence-electron chi connectivity index (χ0n) is 30.5. The van der Waals surface area contributed by atoms with Crippen molar-refractivity contribution >= 4 is 64.7 Å². The van der Waals surface area contributed by atoms with Crippen molar-refractivity contribution in [1.29, 1.82) is 0 Å². The summed E-state index contributed by atoms with van der Waals surface area (Å²) in [4.78, 5) is 14.4. The van der Waals surface area contributed by atoms with Crippen LogP contribution in [0.5, 0.6) is 17.2 Å². The van der Waals surface area contributed by atoms with Crippen molar-refractivity contribution in [3.05, 3.63) is 180 Å². The highest BCUT2D eigenvalue weighted by Gasteiger charge is 2.11. The quantitative estimate of drug-likeness (QED) is 0.123. The van der Waals surface area contributed by atoms with Crippen LogP contribution in [0.15, 0.2) is 164 Å². The second-order valence-corrected chi connectivity index (χ2v) is 16.6. The summed E-state index contributed by atoms with van der Waals surface area (Å²) in [6.07, 6.45) is 0. The van der Waals surface area contributed by atoms with Crippen molar-refractivity contribution in [2.45, 2.75) is 19.8 Å². The molecule has 3 aromatic heterocycles. The minimum atomic E-state index is 0.392. The molecule has 0 aliphatic carbocycles. The van der Waals surface area contributed by atoms with Crippen LogP contribution >= 0.6 is 34.0 Å². The number of thiazole rings is 3. The van der Waals surface area contributed by atoms with Gasteiger partial charge in [-0.1, -0.05) is 109 Å². The van der Waals surface area contributed by atoms with E-state index in [0.717, 1.165) is 65.0 Å². The number of aromatic nitrogens is 3. The van der Waals surface area contributed by atoms with Crippen molar-refractivity contribution in [1.82, 2.24) is 15.0 Å². The van der Waals surface area contributed by atoms with Gasteiger partial charge in [-0.3, -0.25) is 0 Å². The summed E-state index contributed by atoms with van der Waals surface area (Å²) >= 11 is 5.10. The lowest BCUT2D eigenvalue weighted by Crippen LogP contribution is -2.00. The molecule has 0 aliphatic rings. The molecule has 9 heteroatoms. The minimum Gasteiger partial charge on any atom is -0.489 e. The average Bonchev–Trinajstić information content (AvgIpc) is 4.02. The molecule has 6 nitrogen and oxygen atoms in total. The number of ether oxygens (including phenoxy) is 3. The van der Waals surface area contributed by atoms with Crippen LogP contribution in [0, 0.1) is 0 Å². The van der Waals surface area contributed by atoms with E-state index in [1.54, 1.807) is 34.0 Å². The van der Waals surface area contributed by atoms with Crippen LogP contribution in [-0.2, 0) is 19.8 Å². The lowest BCUT2D eigenvalue weighted by atomic mass is 10.1. The monoisotopic (exact) mass is 795 g/mol. The molecule has 0 saturated carbocycles. The smallest absolute Gasteiger partial charge is 0.127 e. The average molecular weight is 796 g/mol. The van der Waals surface area contributed by atoms with Gasteiger partial charge in [-0.15, -0.1) is 34.0 Å². The molecule has 0 saturated heterocycles. The first-order chi connectivity index (χ1) is 28.1. The number of hydrogen-bond donors (Lipinski definition) is 0. The molecule has 0 amide bonds. The van der Waals surface area contributed by atoms with Crippen LogP contribution in [0.3, 0.4) is 0 Å². The van der Waals surface area contributed by atoms with Gasteiger partial charge in [0.1, 0.15) is 52.1 Å². The van der Waals surface area contributed by atoms with E-state index in [0.29, 0.717) is 37.1 Å². The predicted molar refractivity (Wildman–Crippen MR) is 235 cm³/mol. The first-order valence-electron chi connectivity index (χ1n) is 18.5. The van der Waals surface area contributed by atoms with Crippen LogP contribution < -0.4 is 14.2 Å². The minimum absolute atomic E-state index is 0.392. The third-order valence-corrected chi connectivity index (χ3v) is 12.8. The topological polar surface area (TPSA) is 66.4 Å². The summed E-state index contributed by atoms with van der Waals surface area (Å²) < 4.78 is 22.6. The Morgan fingerprint density at radius 3 is 0.895 bits per heavy atom. The largest absolute Gasteiger partial charge is 0.489 e. The summed E-state index contributed by atoms with van der Waals surface area (Å²) in [7, 11) is 0. The van der Waals surface area contributed by atoms with Gasteiger partial charge in [-0.25, -0.2) is 15.0 Å². The van der Waals surface area contributed by atoms with Gasteiger partial charge in [0.2, 0.25) is 0 Å². The Morgan fingerprint density at radius 2 is 0.614 bits per heavy atom. The summed E-state index contributed by atoms with van der Waals surface area (Å²) in [6, 6.07) is 55.6. The summed E-state index contributed by atoms with van der Waals surface area (Å²) in [5.74, 6) is 1.99. The van der Waals surface area contributed by atoms with Gasteiger partial charge < -0.3 is 14.2 Å². The Bertz CT molecular complexity index is 2540. The van der Waals surface area contributed by atoms with E-state index in [9.17, 15) is 0 Å². The van der Waals surface area contributed by atoms with Gasteiger partial charge in [-0.05, 0) is 53.1 Å². The second kappa shape index (κ2) is 15.6. The molecule has 0 radical (unpaired) electrons. The fraction of sp³-hybridized carbons (Fsp3) is 0.0625. The lowest BCUT2D eigenvalue weighted by molar-refractivity contribution is 0.274. The third kappa shape index (κ3) is 7.86. The standard InChI is InChI=1S/C48H33N3O3S3/c1-4-10-43-40(7-1)49-46(55-43)34-19-13-31(14-20-34)28-52-37-25-38(53-29-32-15-21-35(22-16-32)47-50-41-8-2-5-11-44(41)56-47)27-39(26-37)54-30-33-17-23-36(24-18-33)48-51-42-9-3-6-12-45(42)57-48/h1-27H,28-30H2. The highest BCUT2D eigenvalue weighted by atomic mass is 32.1. The first kappa shape index (κ1) is 35.1. The molecule has 0 unspecified atom stereocenters. The van der Waals surface area contributed by atoms with Gasteiger partial charge in [0.15, 0.2) is 0 Å². The highest BCUT2D eigenvalue weighted by Crippen LogP contribution is 2.34. The number of para-hydroxylation sites is 3. The number of benzene rings is 7. The van der Waals surface area contributed by atoms with Crippen LogP contribution in [0.25, 0.3) is 62.4 Å². The SMILES string of the molecule is c1ccc2sc(-c3ccc(COc4cc(OCc5ccc(-c6nc7ccccc7s6)cc5)cc(OCc5ccc(-c6nc7ccccc7s6)cc5)c4)cc3)nc2c1. The molecule has 0 fully saturated rings. The molecule has 0 bridgehead atoms. The molecule has 10 rings (SSSR count). The number of rotatable bonds is 12. The van der Waals surface area contributed by atoms with Gasteiger partial charge in [-0.2, -0.15) is 0 Å². The summed E-state index contributed by atoms with van der Waals surface area (Å²) in [5, 5.41) is 3.02. The zero-order valence-corrected chi connectivity index (χ0v) is 33.0. The fourth-order valence-corrected chi connectivity index (χ4v) is 9.43. The fourth-order valence-electron chi connectivity index (χ4n) is 6.51. The van der Waals surface area contributed by atoms with Crippen LogP contribution in [0.1, 0.15) is 16.7 Å². The van der Waals surface area contributed by atoms with E-state index in [1.165, 1.54) is 14.1 Å². The highest BCUT2D eigenvalue weighted by molar-refractivity contribution is 7.22. The van der Waals surface area contributed by atoms with Gasteiger partial charge >= 0.3 is 0 Å². The van der Waals surface area contributed by atoms with E-state index in [-0.39, 0.29) is 0 Å². The normalized spacial score (nSPS) is 11.4. The van der Waals surface area contributed by atoms with Crippen LogP contribution in [0.2, 0.25) is 0 Å². The van der Waals surface area contributed by atoms with Crippen molar-refractivity contribution in [2.24, 2.45) is 0 Å². The molecular formula is C48H33N3O3S3. The number of nitrogens with zero attached hydrogens (tertiary/aromatic N) is 3. The molecule has 57 heavy (non-hydrogen) atoms. The third-order valence-electron chi connectivity index (χ3n) is 9.55. The van der Waals surface area contributed by atoms with Crippen molar-refractivity contribution in [2.75, 3.05) is 0 Å². The van der Waals surface area contributed by atoms with E-state index in [2.05, 4.69) is 109 Å². The molecule has 0 spiro atoms. The van der Waals surface area contributed by atoms with E-state index in [1.807, 2.05) is 54.6 Å². The molecule has 0 atom stereocenters. The van der Waals surface area contributed by atoms with Gasteiger partial charge in [0.05, 0.1) is 30.6 Å². The molecule has 276 valence electrons. The summed E-state index contributed by atoms with van der Waals surface area (Å²) in [6.45, 7) is 1.18. The molecule has 0 aliphatic heterocycles. The van der Waals surface area contributed by atoms with E-state index in [4.69, 9.17) is 29.2 Å². The maximum absolute atomic E-state index is 6.37. The van der Waals surface area contributed by atoms with Crippen LogP contribution in [-0.4, -0.2) is 15.0 Å². The van der Waals surface area contributed by atoms with E-state index < -0.39 is 0 Å². The lowest BCUT2D eigenvalue weighted by Gasteiger charge is -2.14. The van der Waals surface area contributed by atoms with Gasteiger partial charge in [0.25, 0.3) is 0 Å². The Morgan fingerprint density at radius 1 is 0.333 bits per heavy atom. The Kier molecular flexibility index (Phi) is 9.61. The van der Waals surface area contributed by atoms with Crippen molar-refractivity contribution in [3.8, 4) is 49.0 Å². The number of hydrogen-bond acceptors (Lipinski definition) is 9. The second-order valence-electron chi connectivity index (χ2n) is 13.6. The predicted octanol–water partition coefficient (Wildman–Crippen LogP) is 13.3. The first-order valence-corrected chi connectivity index (χ1v) is 21.0. The van der Waals surface area contributed by atoms with Gasteiger partial charge in [0, 0.05) is 34.9 Å². The van der Waals surface area contributed by atoms with E-state index >= 15 is 0 Å². The molecule has 10 aromatic rings. The van der Waals surface area contributed by atoms with Crippen LogP contribution in [0.4, 0.5) is 0 Å². The maximum atomic E-state index is 6.37. The maximum Gasteiger partial charge on any atom is 0.127 e. The molecule has 7 aromatic carbocycles. The van der Waals surface area contributed by atoms with Crippen molar-refractivity contribution < 1.29 is 14.2 Å². The zero-order chi connectivity index (χ0) is 38.0. The van der Waals surface area contributed by atoms with Crippen molar-refractivity contribution in [3.63, 3.8) is 0 Å². The molecule has 3 heterocycles. The molecule has 0 N–H and O–H groups in total. The molecular weight excluding hydrogens is 763 g/mol. The summed E-state index contributed by atoms with van der Waals surface area (Å²) in [5.41, 5.74) is 9.49.